The smallest absolute Gasteiger partial charge is 0.0996 e. The monoisotopic (exact) mass is 309 g/mol. The summed E-state index contributed by atoms with van der Waals surface area (Å²) in [4.78, 5) is 0. The summed E-state index contributed by atoms with van der Waals surface area (Å²) in [5, 5.41) is 7.90. The van der Waals surface area contributed by atoms with E-state index in [2.05, 4.69) is 10.4 Å². The van der Waals surface area contributed by atoms with Crippen LogP contribution in [0.5, 0.6) is 0 Å². The number of hydrogen-bond donors (Lipinski definition) is 1. The Morgan fingerprint density at radius 1 is 1.41 bits per heavy atom. The second-order valence-electron chi connectivity index (χ2n) is 3.50. The molecule has 2 aromatic heterocycles. The van der Waals surface area contributed by atoms with E-state index in [1.807, 2.05) is 20.2 Å². The van der Waals surface area contributed by atoms with Crippen LogP contribution in [0.3, 0.4) is 0 Å². The molecule has 0 saturated carbocycles. The van der Waals surface area contributed by atoms with Crippen molar-refractivity contribution in [1.82, 2.24) is 15.1 Å². The molecule has 1 N–H and O–H groups in total. The summed E-state index contributed by atoms with van der Waals surface area (Å²) < 4.78 is 3.04. The van der Waals surface area contributed by atoms with E-state index in [4.69, 9.17) is 34.8 Å². The van der Waals surface area contributed by atoms with Gasteiger partial charge in [0.1, 0.15) is 0 Å². The fourth-order valence-electron chi connectivity index (χ4n) is 1.73. The SMILES string of the molecule is CNC(c1cc(Cl)sc1Cl)c1c(Cl)cnn1C. The van der Waals surface area contributed by atoms with Gasteiger partial charge in [0.25, 0.3) is 0 Å². The number of aromatic nitrogens is 2. The molecule has 0 spiro atoms. The van der Waals surface area contributed by atoms with Crippen molar-refractivity contribution in [3.8, 4) is 0 Å². The molecule has 2 rings (SSSR count). The van der Waals surface area contributed by atoms with E-state index in [9.17, 15) is 0 Å². The van der Waals surface area contributed by atoms with E-state index in [0.717, 1.165) is 11.3 Å². The van der Waals surface area contributed by atoms with E-state index < -0.39 is 0 Å². The first-order valence-electron chi connectivity index (χ1n) is 4.84. The first kappa shape index (κ1) is 13.2. The van der Waals surface area contributed by atoms with E-state index >= 15 is 0 Å². The van der Waals surface area contributed by atoms with Crippen molar-refractivity contribution in [2.45, 2.75) is 6.04 Å². The number of hydrogen-bond acceptors (Lipinski definition) is 3. The first-order chi connectivity index (χ1) is 8.04. The quantitative estimate of drug-likeness (QED) is 0.935. The Morgan fingerprint density at radius 2 is 2.12 bits per heavy atom. The topological polar surface area (TPSA) is 29.9 Å². The van der Waals surface area contributed by atoms with Crippen molar-refractivity contribution < 1.29 is 0 Å². The van der Waals surface area contributed by atoms with Crippen LogP contribution in [0.15, 0.2) is 12.3 Å². The average Bonchev–Trinajstić information content (AvgIpc) is 2.76. The fourth-order valence-corrected chi connectivity index (χ4v) is 3.54. The Bertz CT molecular complexity index is 515. The summed E-state index contributed by atoms with van der Waals surface area (Å²) in [6.07, 6.45) is 1.61. The van der Waals surface area contributed by atoms with E-state index in [0.29, 0.717) is 13.7 Å². The molecule has 0 fully saturated rings. The van der Waals surface area contributed by atoms with Gasteiger partial charge in [-0.15, -0.1) is 11.3 Å². The van der Waals surface area contributed by atoms with Gasteiger partial charge in [-0.05, 0) is 13.1 Å². The minimum Gasteiger partial charge on any atom is -0.308 e. The van der Waals surface area contributed by atoms with E-state index in [1.54, 1.807) is 10.9 Å². The van der Waals surface area contributed by atoms with Crippen LogP contribution in [-0.2, 0) is 7.05 Å². The molecule has 0 aliphatic heterocycles. The molecule has 0 radical (unpaired) electrons. The fraction of sp³-hybridized carbons (Fsp3) is 0.300. The van der Waals surface area contributed by atoms with Crippen LogP contribution in [0.4, 0.5) is 0 Å². The molecule has 3 nitrogen and oxygen atoms in total. The summed E-state index contributed by atoms with van der Waals surface area (Å²) in [6, 6.07) is 1.73. The summed E-state index contributed by atoms with van der Waals surface area (Å²) in [5.74, 6) is 0. The van der Waals surface area contributed by atoms with Gasteiger partial charge < -0.3 is 5.32 Å². The largest absolute Gasteiger partial charge is 0.308 e. The van der Waals surface area contributed by atoms with Crippen LogP contribution >= 0.6 is 46.1 Å². The van der Waals surface area contributed by atoms with Crippen molar-refractivity contribution in [3.63, 3.8) is 0 Å². The van der Waals surface area contributed by atoms with Gasteiger partial charge in [-0.1, -0.05) is 34.8 Å². The summed E-state index contributed by atoms with van der Waals surface area (Å²) in [5.41, 5.74) is 1.78. The molecule has 2 heterocycles. The molecular weight excluding hydrogens is 301 g/mol. The Kier molecular flexibility index (Phi) is 4.00. The summed E-state index contributed by atoms with van der Waals surface area (Å²) in [7, 11) is 3.68. The number of nitrogens with one attached hydrogen (secondary N) is 1. The standard InChI is InChI=1S/C10H10Cl3N3S/c1-14-8(5-3-7(12)17-10(5)13)9-6(11)4-15-16(9)2/h3-4,8,14H,1-2H3. The number of rotatable bonds is 3. The van der Waals surface area contributed by atoms with Gasteiger partial charge >= 0.3 is 0 Å². The van der Waals surface area contributed by atoms with Gasteiger partial charge in [-0.3, -0.25) is 4.68 Å². The van der Waals surface area contributed by atoms with Gasteiger partial charge in [-0.25, -0.2) is 0 Å². The van der Waals surface area contributed by atoms with Crippen molar-refractivity contribution in [2.75, 3.05) is 7.05 Å². The highest BCUT2D eigenvalue weighted by Crippen LogP contribution is 2.38. The lowest BCUT2D eigenvalue weighted by atomic mass is 10.1. The Morgan fingerprint density at radius 3 is 2.53 bits per heavy atom. The van der Waals surface area contributed by atoms with Crippen molar-refractivity contribution in [3.05, 3.63) is 37.2 Å². The van der Waals surface area contributed by atoms with Gasteiger partial charge in [0, 0.05) is 12.6 Å². The zero-order chi connectivity index (χ0) is 12.6. The first-order valence-corrected chi connectivity index (χ1v) is 6.79. The van der Waals surface area contributed by atoms with E-state index in [-0.39, 0.29) is 6.04 Å². The molecule has 17 heavy (non-hydrogen) atoms. The predicted molar refractivity (Wildman–Crippen MR) is 73.5 cm³/mol. The van der Waals surface area contributed by atoms with Gasteiger partial charge in [0.2, 0.25) is 0 Å². The molecular formula is C10H10Cl3N3S. The van der Waals surface area contributed by atoms with Crippen LogP contribution < -0.4 is 5.32 Å². The molecule has 0 aliphatic rings. The zero-order valence-corrected chi connectivity index (χ0v) is 12.3. The second kappa shape index (κ2) is 5.16. The van der Waals surface area contributed by atoms with Gasteiger partial charge in [0.05, 0.1) is 31.6 Å². The Balaban J connectivity index is 2.51. The third kappa shape index (κ3) is 2.46. The number of halogens is 3. The van der Waals surface area contributed by atoms with Crippen LogP contribution in [-0.4, -0.2) is 16.8 Å². The third-order valence-electron chi connectivity index (χ3n) is 2.49. The second-order valence-corrected chi connectivity index (χ2v) is 6.20. The molecule has 2 aromatic rings. The highest BCUT2D eigenvalue weighted by molar-refractivity contribution is 7.20. The highest BCUT2D eigenvalue weighted by atomic mass is 35.5. The molecule has 0 amide bonds. The molecule has 0 bridgehead atoms. The minimum absolute atomic E-state index is 0.119. The molecule has 1 atom stereocenters. The van der Waals surface area contributed by atoms with Crippen LogP contribution in [0.2, 0.25) is 13.7 Å². The van der Waals surface area contributed by atoms with Crippen LogP contribution in [0.25, 0.3) is 0 Å². The minimum atomic E-state index is -0.119. The maximum Gasteiger partial charge on any atom is 0.0996 e. The van der Waals surface area contributed by atoms with Gasteiger partial charge in [0.15, 0.2) is 0 Å². The molecule has 0 aromatic carbocycles. The van der Waals surface area contributed by atoms with E-state index in [1.165, 1.54) is 11.3 Å². The van der Waals surface area contributed by atoms with Crippen molar-refractivity contribution in [1.29, 1.82) is 0 Å². The average molecular weight is 311 g/mol. The lowest BCUT2D eigenvalue weighted by molar-refractivity contribution is 0.607. The normalized spacial score (nSPS) is 13.0. The maximum atomic E-state index is 6.16. The number of thiophene rings is 1. The van der Waals surface area contributed by atoms with Crippen molar-refractivity contribution in [2.24, 2.45) is 7.05 Å². The molecule has 0 aliphatic carbocycles. The van der Waals surface area contributed by atoms with Crippen LogP contribution in [0, 0.1) is 0 Å². The van der Waals surface area contributed by atoms with Crippen molar-refractivity contribution >= 4 is 46.1 Å². The van der Waals surface area contributed by atoms with Gasteiger partial charge in [-0.2, -0.15) is 5.10 Å². The lowest BCUT2D eigenvalue weighted by Gasteiger charge is -2.16. The predicted octanol–water partition coefficient (Wildman–Crippen LogP) is 3.75. The summed E-state index contributed by atoms with van der Waals surface area (Å²) in [6.45, 7) is 0. The maximum absolute atomic E-state index is 6.16. The molecule has 0 saturated heterocycles. The molecule has 1 unspecified atom stereocenters. The number of aryl methyl sites for hydroxylation is 1. The molecule has 92 valence electrons. The zero-order valence-electron chi connectivity index (χ0n) is 9.17. The lowest BCUT2D eigenvalue weighted by Crippen LogP contribution is -2.20. The number of nitrogens with zero attached hydrogens (tertiary/aromatic N) is 2. The summed E-state index contributed by atoms with van der Waals surface area (Å²) >= 11 is 19.6. The molecule has 7 heteroatoms. The Labute approximate surface area is 118 Å². The Hall–Kier alpha value is -0.260. The highest BCUT2D eigenvalue weighted by Gasteiger charge is 2.23. The van der Waals surface area contributed by atoms with Crippen LogP contribution in [0.1, 0.15) is 17.3 Å². The third-order valence-corrected chi connectivity index (χ3v) is 4.30.